The predicted molar refractivity (Wildman–Crippen MR) is 135 cm³/mol. The van der Waals surface area contributed by atoms with E-state index < -0.39 is 10.0 Å². The molecular formula is C25H27ClN4O4S. The third kappa shape index (κ3) is 4.88. The van der Waals surface area contributed by atoms with Crippen LogP contribution in [-0.4, -0.2) is 38.6 Å². The van der Waals surface area contributed by atoms with E-state index in [-0.39, 0.29) is 23.2 Å². The number of hydrogen-bond donors (Lipinski definition) is 1. The minimum Gasteiger partial charge on any atom is -0.490 e. The lowest BCUT2D eigenvalue weighted by Gasteiger charge is -2.28. The molecule has 0 saturated heterocycles. The molecule has 2 aliphatic rings. The van der Waals surface area contributed by atoms with Crippen LogP contribution in [-0.2, 0) is 29.5 Å². The van der Waals surface area contributed by atoms with E-state index in [9.17, 15) is 8.42 Å². The van der Waals surface area contributed by atoms with Crippen molar-refractivity contribution >= 4 is 33.1 Å². The van der Waals surface area contributed by atoms with Crippen LogP contribution in [0.3, 0.4) is 0 Å². The summed E-state index contributed by atoms with van der Waals surface area (Å²) in [5, 5.41) is 0.377. The second kappa shape index (κ2) is 9.54. The molecule has 0 amide bonds. The Morgan fingerprint density at radius 2 is 1.91 bits per heavy atom. The van der Waals surface area contributed by atoms with Crippen molar-refractivity contribution in [2.24, 2.45) is 0 Å². The molecule has 35 heavy (non-hydrogen) atoms. The molecule has 0 bridgehead atoms. The fourth-order valence-electron chi connectivity index (χ4n) is 4.34. The van der Waals surface area contributed by atoms with Crippen LogP contribution in [0.5, 0.6) is 11.6 Å². The van der Waals surface area contributed by atoms with Gasteiger partial charge < -0.3 is 14.4 Å². The van der Waals surface area contributed by atoms with Gasteiger partial charge in [0.1, 0.15) is 19.0 Å². The molecule has 0 radical (unpaired) electrons. The Morgan fingerprint density at radius 3 is 2.71 bits per heavy atom. The molecule has 1 aliphatic heterocycles. The van der Waals surface area contributed by atoms with Crippen LogP contribution in [0.4, 0.5) is 11.5 Å². The third-order valence-electron chi connectivity index (χ3n) is 6.33. The Labute approximate surface area is 210 Å². The van der Waals surface area contributed by atoms with Crippen molar-refractivity contribution in [2.45, 2.75) is 44.1 Å². The van der Waals surface area contributed by atoms with E-state index in [1.807, 2.05) is 25.2 Å². The van der Waals surface area contributed by atoms with Crippen molar-refractivity contribution < 1.29 is 17.9 Å². The first-order valence-electron chi connectivity index (χ1n) is 11.6. The van der Waals surface area contributed by atoms with Crippen molar-refractivity contribution in [3.63, 3.8) is 0 Å². The maximum absolute atomic E-state index is 13.3. The highest BCUT2D eigenvalue weighted by Gasteiger charge is 2.25. The van der Waals surface area contributed by atoms with Crippen molar-refractivity contribution in [3.05, 3.63) is 63.9 Å². The van der Waals surface area contributed by atoms with Crippen LogP contribution in [0.15, 0.2) is 41.3 Å². The van der Waals surface area contributed by atoms with Gasteiger partial charge in [-0.2, -0.15) is 0 Å². The molecule has 8 nitrogen and oxygen atoms in total. The van der Waals surface area contributed by atoms with Gasteiger partial charge in [0.25, 0.3) is 15.9 Å². The number of aryl methyl sites for hydroxylation is 2. The van der Waals surface area contributed by atoms with Gasteiger partial charge in [-0.15, -0.1) is 0 Å². The fraction of sp³-hybridized carbons (Fsp3) is 0.360. The van der Waals surface area contributed by atoms with Gasteiger partial charge >= 0.3 is 0 Å². The highest BCUT2D eigenvalue weighted by atomic mass is 35.5. The van der Waals surface area contributed by atoms with Gasteiger partial charge in [0.05, 0.1) is 28.5 Å². The van der Waals surface area contributed by atoms with Crippen LogP contribution >= 0.6 is 11.6 Å². The van der Waals surface area contributed by atoms with Gasteiger partial charge in [-0.25, -0.2) is 18.4 Å². The quantitative estimate of drug-likeness (QED) is 0.516. The topological polar surface area (TPSA) is 93.7 Å². The van der Waals surface area contributed by atoms with Gasteiger partial charge in [0, 0.05) is 12.1 Å². The molecular weight excluding hydrogens is 488 g/mol. The van der Waals surface area contributed by atoms with E-state index in [0.717, 1.165) is 60.6 Å². The zero-order chi connectivity index (χ0) is 24.6. The first kappa shape index (κ1) is 23.7. The number of rotatable bonds is 6. The van der Waals surface area contributed by atoms with Crippen molar-refractivity contribution in [1.29, 1.82) is 0 Å². The highest BCUT2D eigenvalue weighted by molar-refractivity contribution is 7.92. The zero-order valence-corrected chi connectivity index (χ0v) is 21.2. The summed E-state index contributed by atoms with van der Waals surface area (Å²) in [6.45, 7) is 3.34. The standard InChI is InChI=1S/C25H27ClN4O4S/c1-16-18(26)6-5-9-23(16)35(31,32)29-24-25(28-20-8-4-3-7-19(20)27-24)34-15-17-10-11-22-21(14-17)30(2)12-13-33-22/h5-6,9-11,14H,3-4,7-8,12-13,15H2,1-2H3,(H,27,29). The Bertz CT molecular complexity index is 1380. The summed E-state index contributed by atoms with van der Waals surface area (Å²) in [6, 6.07) is 10.7. The molecule has 2 heterocycles. The molecule has 0 saturated carbocycles. The average Bonchev–Trinajstić information content (AvgIpc) is 2.84. The second-order valence-corrected chi connectivity index (χ2v) is 10.9. The van der Waals surface area contributed by atoms with Gasteiger partial charge in [-0.3, -0.25) is 4.72 Å². The van der Waals surface area contributed by atoms with Gasteiger partial charge in [-0.05, 0) is 68.0 Å². The molecule has 5 rings (SSSR count). The smallest absolute Gasteiger partial charge is 0.263 e. The monoisotopic (exact) mass is 514 g/mol. The van der Waals surface area contributed by atoms with Crippen LogP contribution in [0, 0.1) is 6.92 Å². The van der Waals surface area contributed by atoms with E-state index in [4.69, 9.17) is 21.1 Å². The summed E-state index contributed by atoms with van der Waals surface area (Å²) in [6.07, 6.45) is 3.56. The molecule has 0 spiro atoms. The lowest BCUT2D eigenvalue weighted by molar-refractivity contribution is 0.291. The summed E-state index contributed by atoms with van der Waals surface area (Å²) in [7, 11) is -1.94. The maximum Gasteiger partial charge on any atom is 0.263 e. The van der Waals surface area contributed by atoms with Crippen LogP contribution < -0.4 is 19.1 Å². The number of likely N-dealkylation sites (N-methyl/N-ethyl adjacent to an activating group) is 1. The number of fused-ring (bicyclic) bond motifs is 2. The molecule has 0 atom stereocenters. The van der Waals surface area contributed by atoms with Gasteiger partial charge in [-0.1, -0.05) is 23.7 Å². The Balaban J connectivity index is 1.46. The lowest BCUT2D eigenvalue weighted by Crippen LogP contribution is -2.28. The minimum atomic E-state index is -3.96. The Morgan fingerprint density at radius 1 is 1.14 bits per heavy atom. The Kier molecular flexibility index (Phi) is 6.46. The van der Waals surface area contributed by atoms with E-state index in [1.165, 1.54) is 6.07 Å². The number of ether oxygens (including phenoxy) is 2. The third-order valence-corrected chi connectivity index (χ3v) is 8.22. The number of sulfonamides is 1. The fourth-order valence-corrected chi connectivity index (χ4v) is 5.84. The van der Waals surface area contributed by atoms with Crippen LogP contribution in [0.1, 0.15) is 35.4 Å². The first-order valence-corrected chi connectivity index (χ1v) is 13.5. The molecule has 1 aliphatic carbocycles. The molecule has 184 valence electrons. The number of halogens is 1. The first-order chi connectivity index (χ1) is 16.8. The number of aromatic nitrogens is 2. The number of anilines is 2. The summed E-state index contributed by atoms with van der Waals surface area (Å²) >= 11 is 6.17. The summed E-state index contributed by atoms with van der Waals surface area (Å²) in [5.74, 6) is 1.08. The Hall–Kier alpha value is -3.04. The van der Waals surface area contributed by atoms with E-state index in [2.05, 4.69) is 19.6 Å². The van der Waals surface area contributed by atoms with Crippen LogP contribution in [0.2, 0.25) is 5.02 Å². The van der Waals surface area contributed by atoms with Crippen LogP contribution in [0.25, 0.3) is 0 Å². The number of nitrogens with zero attached hydrogens (tertiary/aromatic N) is 3. The molecule has 0 fully saturated rings. The number of nitrogens with one attached hydrogen (secondary N) is 1. The largest absolute Gasteiger partial charge is 0.490 e. The summed E-state index contributed by atoms with van der Waals surface area (Å²) < 4.78 is 40.9. The van der Waals surface area contributed by atoms with E-state index >= 15 is 0 Å². The van der Waals surface area contributed by atoms with E-state index in [0.29, 0.717) is 17.2 Å². The predicted octanol–water partition coefficient (Wildman–Crippen LogP) is 4.53. The molecule has 1 N–H and O–H groups in total. The van der Waals surface area contributed by atoms with Crippen molar-refractivity contribution in [2.75, 3.05) is 29.8 Å². The minimum absolute atomic E-state index is 0.0865. The SMILES string of the molecule is Cc1c(Cl)cccc1S(=O)(=O)Nc1nc2c(nc1OCc1ccc3c(c1)N(C)CCO3)CCCC2. The molecule has 1 aromatic heterocycles. The average molecular weight is 515 g/mol. The van der Waals surface area contributed by atoms with Crippen molar-refractivity contribution in [1.82, 2.24) is 9.97 Å². The van der Waals surface area contributed by atoms with Crippen molar-refractivity contribution in [3.8, 4) is 11.6 Å². The summed E-state index contributed by atoms with van der Waals surface area (Å²) in [5.41, 5.74) is 4.03. The van der Waals surface area contributed by atoms with E-state index in [1.54, 1.807) is 19.1 Å². The van der Waals surface area contributed by atoms with Gasteiger partial charge in [0.2, 0.25) is 5.82 Å². The highest BCUT2D eigenvalue weighted by Crippen LogP contribution is 2.33. The van der Waals surface area contributed by atoms with Gasteiger partial charge in [0.15, 0.2) is 0 Å². The number of hydrogen-bond acceptors (Lipinski definition) is 7. The zero-order valence-electron chi connectivity index (χ0n) is 19.7. The molecule has 2 aromatic carbocycles. The normalized spacial score (nSPS) is 15.1. The molecule has 10 heteroatoms. The maximum atomic E-state index is 13.3. The summed E-state index contributed by atoms with van der Waals surface area (Å²) in [4.78, 5) is 11.5. The number of benzene rings is 2. The molecule has 0 unspecified atom stereocenters. The lowest BCUT2D eigenvalue weighted by atomic mass is 10.0. The second-order valence-electron chi connectivity index (χ2n) is 8.81. The molecule has 3 aromatic rings.